The highest BCUT2D eigenvalue weighted by atomic mass is 79.9. The molecule has 0 radical (unpaired) electrons. The fraction of sp³-hybridized carbons (Fsp3) is 0.462. The van der Waals surface area contributed by atoms with Crippen molar-refractivity contribution in [1.82, 2.24) is 4.90 Å². The first-order valence-corrected chi connectivity index (χ1v) is 9.94. The van der Waals surface area contributed by atoms with E-state index in [4.69, 9.17) is 22.3 Å². The minimum absolute atomic E-state index is 0.113. The number of hydrogen-bond donors (Lipinski definition) is 0. The van der Waals surface area contributed by atoms with E-state index in [1.165, 1.54) is 12.1 Å². The molecule has 21 heavy (non-hydrogen) atoms. The quantitative estimate of drug-likeness (QED) is 0.686. The molecule has 1 aromatic rings. The Kier molecular flexibility index (Phi) is 5.23. The fourth-order valence-corrected chi connectivity index (χ4v) is 5.01. The van der Waals surface area contributed by atoms with Crippen molar-refractivity contribution in [1.29, 1.82) is 0 Å². The molecule has 1 amide bonds. The number of amides is 1. The number of rotatable bonds is 2. The number of benzene rings is 1. The molecule has 0 bridgehead atoms. The van der Waals surface area contributed by atoms with Gasteiger partial charge in [-0.3, -0.25) is 4.79 Å². The van der Waals surface area contributed by atoms with E-state index < -0.39 is 9.05 Å². The Hall–Kier alpha value is -0.300. The second-order valence-electron chi connectivity index (χ2n) is 5.04. The minimum Gasteiger partial charge on any atom is -0.336 e. The number of piperidine rings is 1. The smallest absolute Gasteiger partial charge is 0.262 e. The lowest BCUT2D eigenvalue weighted by molar-refractivity contribution is 0.0635. The Morgan fingerprint density at radius 2 is 2.05 bits per heavy atom. The zero-order chi connectivity index (χ0) is 15.8. The summed E-state index contributed by atoms with van der Waals surface area (Å²) in [7, 11) is 1.43. The average Bonchev–Trinajstić information content (AvgIpc) is 2.37. The van der Waals surface area contributed by atoms with Crippen molar-refractivity contribution in [3.63, 3.8) is 0 Å². The summed E-state index contributed by atoms with van der Waals surface area (Å²) in [5.41, 5.74) is 0.160. The number of carbonyl (C=O) groups is 1. The molecular weight excluding hydrogens is 401 g/mol. The molecule has 1 heterocycles. The second kappa shape index (κ2) is 6.44. The van der Waals surface area contributed by atoms with Crippen molar-refractivity contribution in [3.8, 4) is 0 Å². The van der Waals surface area contributed by atoms with E-state index in [1.807, 2.05) is 6.92 Å². The fourth-order valence-electron chi connectivity index (χ4n) is 2.43. The molecule has 1 unspecified atom stereocenters. The van der Waals surface area contributed by atoms with E-state index in [9.17, 15) is 13.2 Å². The normalized spacial score (nSPS) is 19.6. The van der Waals surface area contributed by atoms with Gasteiger partial charge in [-0.1, -0.05) is 11.6 Å². The minimum atomic E-state index is -3.95. The van der Waals surface area contributed by atoms with E-state index >= 15 is 0 Å². The van der Waals surface area contributed by atoms with Gasteiger partial charge in [0.2, 0.25) is 0 Å². The highest BCUT2D eigenvalue weighted by Crippen LogP contribution is 2.32. The molecule has 0 aliphatic carbocycles. The van der Waals surface area contributed by atoms with Crippen LogP contribution in [0.3, 0.4) is 0 Å². The number of hydrogen-bond acceptors (Lipinski definition) is 3. The molecule has 1 fully saturated rings. The van der Waals surface area contributed by atoms with Crippen molar-refractivity contribution in [2.45, 2.75) is 37.1 Å². The Labute approximate surface area is 142 Å². The zero-order valence-corrected chi connectivity index (χ0v) is 15.2. The lowest BCUT2D eigenvalue weighted by atomic mass is 10.0. The summed E-state index contributed by atoms with van der Waals surface area (Å²) < 4.78 is 23.3. The first-order valence-electron chi connectivity index (χ1n) is 6.46. The Morgan fingerprint density at radius 1 is 1.38 bits per heavy atom. The van der Waals surface area contributed by atoms with Crippen LogP contribution in [-0.2, 0) is 9.05 Å². The van der Waals surface area contributed by atoms with Crippen LogP contribution in [-0.4, -0.2) is 31.8 Å². The van der Waals surface area contributed by atoms with Crippen molar-refractivity contribution in [2.24, 2.45) is 0 Å². The number of halogens is 3. The number of likely N-dealkylation sites (tertiary alicyclic amines) is 1. The maximum atomic E-state index is 12.6. The third kappa shape index (κ3) is 3.73. The SMILES string of the molecule is CC1CCCCN1C(=O)c1cc(S(=O)(=O)Cl)c(Br)cc1Cl. The van der Waals surface area contributed by atoms with Crippen molar-refractivity contribution in [2.75, 3.05) is 6.54 Å². The molecule has 1 aromatic carbocycles. The molecule has 2 rings (SSSR count). The van der Waals surface area contributed by atoms with Gasteiger partial charge in [-0.25, -0.2) is 8.42 Å². The Morgan fingerprint density at radius 3 is 2.62 bits per heavy atom. The summed E-state index contributed by atoms with van der Waals surface area (Å²) in [5, 5.41) is 0.203. The largest absolute Gasteiger partial charge is 0.336 e. The predicted molar refractivity (Wildman–Crippen MR) is 86.5 cm³/mol. The molecule has 8 heteroatoms. The highest BCUT2D eigenvalue weighted by Gasteiger charge is 2.27. The molecule has 0 saturated carbocycles. The topological polar surface area (TPSA) is 54.5 Å². The standard InChI is InChI=1S/C13H14BrCl2NO3S/c1-8-4-2-3-5-17(8)13(18)9-6-12(21(16,19)20)10(14)7-11(9)15/h6-8H,2-5H2,1H3. The van der Waals surface area contributed by atoms with Crippen LogP contribution in [0.1, 0.15) is 36.5 Å². The maximum Gasteiger partial charge on any atom is 0.262 e. The molecule has 0 N–H and O–H groups in total. The van der Waals surface area contributed by atoms with Gasteiger partial charge in [0.15, 0.2) is 0 Å². The van der Waals surface area contributed by atoms with Gasteiger partial charge < -0.3 is 4.90 Å². The predicted octanol–water partition coefficient (Wildman–Crippen LogP) is 4.04. The third-order valence-corrected chi connectivity index (χ3v) is 6.17. The van der Waals surface area contributed by atoms with E-state index in [-0.39, 0.29) is 31.9 Å². The summed E-state index contributed by atoms with van der Waals surface area (Å²) in [6, 6.07) is 2.74. The highest BCUT2D eigenvalue weighted by molar-refractivity contribution is 9.10. The molecule has 1 atom stereocenters. The van der Waals surface area contributed by atoms with Crippen molar-refractivity contribution >= 4 is 53.2 Å². The van der Waals surface area contributed by atoms with Gasteiger partial charge in [-0.2, -0.15) is 0 Å². The van der Waals surface area contributed by atoms with Crippen LogP contribution in [0.2, 0.25) is 5.02 Å². The van der Waals surface area contributed by atoms with Crippen LogP contribution in [0, 0.1) is 0 Å². The van der Waals surface area contributed by atoms with Crippen LogP contribution in [0.25, 0.3) is 0 Å². The van der Waals surface area contributed by atoms with E-state index in [1.54, 1.807) is 4.90 Å². The lowest BCUT2D eigenvalue weighted by Crippen LogP contribution is -2.42. The molecular formula is C13H14BrCl2NO3S. The first kappa shape index (κ1) is 17.1. The van der Waals surface area contributed by atoms with Gasteiger partial charge in [0.05, 0.1) is 15.5 Å². The van der Waals surface area contributed by atoms with Gasteiger partial charge in [-0.05, 0) is 54.2 Å². The monoisotopic (exact) mass is 413 g/mol. The molecule has 4 nitrogen and oxygen atoms in total. The van der Waals surface area contributed by atoms with Crippen LogP contribution in [0.4, 0.5) is 0 Å². The molecule has 1 aliphatic rings. The van der Waals surface area contributed by atoms with E-state index in [0.29, 0.717) is 6.54 Å². The lowest BCUT2D eigenvalue weighted by Gasteiger charge is -2.33. The van der Waals surface area contributed by atoms with Crippen molar-refractivity contribution < 1.29 is 13.2 Å². The van der Waals surface area contributed by atoms with E-state index in [2.05, 4.69) is 15.9 Å². The van der Waals surface area contributed by atoms with Crippen LogP contribution in [0.5, 0.6) is 0 Å². The summed E-state index contributed by atoms with van der Waals surface area (Å²) in [6.07, 6.45) is 2.95. The maximum absolute atomic E-state index is 12.6. The zero-order valence-electron chi connectivity index (χ0n) is 11.3. The average molecular weight is 415 g/mol. The van der Waals surface area contributed by atoms with Gasteiger partial charge in [-0.15, -0.1) is 0 Å². The Bertz CT molecular complexity index is 678. The number of nitrogens with zero attached hydrogens (tertiary/aromatic N) is 1. The van der Waals surface area contributed by atoms with Gasteiger partial charge in [0, 0.05) is 27.7 Å². The second-order valence-corrected chi connectivity index (χ2v) is 8.84. The van der Waals surface area contributed by atoms with Crippen LogP contribution >= 0.6 is 38.2 Å². The molecule has 1 aliphatic heterocycles. The van der Waals surface area contributed by atoms with Crippen molar-refractivity contribution in [3.05, 3.63) is 27.2 Å². The molecule has 0 aromatic heterocycles. The summed E-state index contributed by atoms with van der Waals surface area (Å²) in [4.78, 5) is 14.2. The van der Waals surface area contributed by atoms with Gasteiger partial charge in [0.1, 0.15) is 0 Å². The van der Waals surface area contributed by atoms with Gasteiger partial charge in [0.25, 0.3) is 15.0 Å². The summed E-state index contributed by atoms with van der Waals surface area (Å²) in [6.45, 7) is 2.62. The third-order valence-electron chi connectivity index (χ3n) is 3.58. The number of carbonyl (C=O) groups excluding carboxylic acids is 1. The molecule has 0 spiro atoms. The molecule has 1 saturated heterocycles. The Balaban J connectivity index is 2.46. The summed E-state index contributed by atoms with van der Waals surface area (Å²) >= 11 is 9.20. The van der Waals surface area contributed by atoms with Crippen LogP contribution in [0.15, 0.2) is 21.5 Å². The first-order chi connectivity index (χ1) is 9.71. The summed E-state index contributed by atoms with van der Waals surface area (Å²) in [5.74, 6) is -0.263. The van der Waals surface area contributed by atoms with E-state index in [0.717, 1.165) is 19.3 Å². The van der Waals surface area contributed by atoms with Gasteiger partial charge >= 0.3 is 0 Å². The molecule has 116 valence electrons. The van der Waals surface area contributed by atoms with Crippen LogP contribution < -0.4 is 0 Å².